The van der Waals surface area contributed by atoms with E-state index in [1.807, 2.05) is 17.4 Å². The topological polar surface area (TPSA) is 38.0 Å². The van der Waals surface area contributed by atoms with Gasteiger partial charge < -0.3 is 0 Å². The molecule has 1 heterocycles. The Bertz CT molecular complexity index is 618. The number of thiophene rings is 1. The number of hydrogen-bond acceptors (Lipinski definition) is 3. The van der Waals surface area contributed by atoms with Crippen molar-refractivity contribution in [3.05, 3.63) is 55.4 Å². The zero-order chi connectivity index (χ0) is 14.8. The fraction of sp³-hybridized carbons (Fsp3) is 0.375. The summed E-state index contributed by atoms with van der Waals surface area (Å²) in [6.07, 6.45) is 5.43. The van der Waals surface area contributed by atoms with Gasteiger partial charge in [0.25, 0.3) is 0 Å². The van der Waals surface area contributed by atoms with Gasteiger partial charge in [-0.1, -0.05) is 15.9 Å². The number of fused-ring (bicyclic) bond motifs is 1. The van der Waals surface area contributed by atoms with Crippen molar-refractivity contribution in [1.29, 1.82) is 0 Å². The summed E-state index contributed by atoms with van der Waals surface area (Å²) in [4.78, 5) is 2.69. The third-order valence-electron chi connectivity index (χ3n) is 3.99. The average molecular weight is 369 g/mol. The molecular weight excluding hydrogens is 351 g/mol. The van der Waals surface area contributed by atoms with E-state index in [4.69, 9.17) is 5.84 Å². The highest BCUT2D eigenvalue weighted by atomic mass is 79.9. The van der Waals surface area contributed by atoms with Crippen molar-refractivity contribution >= 4 is 27.3 Å². The van der Waals surface area contributed by atoms with Gasteiger partial charge in [-0.05, 0) is 67.5 Å². The second-order valence-corrected chi connectivity index (χ2v) is 7.55. The smallest absolute Gasteiger partial charge is 0.126 e. The molecule has 3 N–H and O–H groups in total. The normalized spacial score (nSPS) is 15.8. The fourth-order valence-electron chi connectivity index (χ4n) is 2.85. The molecule has 3 rings (SSSR count). The number of aryl methyl sites for hydroxylation is 2. The van der Waals surface area contributed by atoms with Gasteiger partial charge in [-0.15, -0.1) is 11.3 Å². The van der Waals surface area contributed by atoms with Crippen LogP contribution in [0.4, 0.5) is 4.39 Å². The van der Waals surface area contributed by atoms with Crippen molar-refractivity contribution in [2.45, 2.75) is 38.1 Å². The molecule has 1 atom stereocenters. The highest BCUT2D eigenvalue weighted by Crippen LogP contribution is 2.34. The van der Waals surface area contributed by atoms with Crippen LogP contribution >= 0.6 is 27.3 Å². The Kier molecular flexibility index (Phi) is 4.74. The Labute approximate surface area is 136 Å². The van der Waals surface area contributed by atoms with Gasteiger partial charge in [0.2, 0.25) is 0 Å². The van der Waals surface area contributed by atoms with E-state index in [9.17, 15) is 4.39 Å². The summed E-state index contributed by atoms with van der Waals surface area (Å²) in [6, 6.07) is 7.25. The van der Waals surface area contributed by atoms with E-state index >= 15 is 0 Å². The molecule has 0 amide bonds. The third-order valence-corrected chi connectivity index (χ3v) is 5.84. The monoisotopic (exact) mass is 368 g/mol. The van der Waals surface area contributed by atoms with Crippen molar-refractivity contribution in [2.75, 3.05) is 0 Å². The van der Waals surface area contributed by atoms with Crippen molar-refractivity contribution in [3.63, 3.8) is 0 Å². The van der Waals surface area contributed by atoms with E-state index in [0.29, 0.717) is 12.0 Å². The molecule has 0 saturated carbocycles. The van der Waals surface area contributed by atoms with Crippen LogP contribution in [-0.2, 0) is 19.3 Å². The Balaban J connectivity index is 1.84. The summed E-state index contributed by atoms with van der Waals surface area (Å²) >= 11 is 5.22. The summed E-state index contributed by atoms with van der Waals surface area (Å²) in [5, 5.41) is 0. The predicted molar refractivity (Wildman–Crippen MR) is 88.8 cm³/mol. The lowest BCUT2D eigenvalue weighted by Gasteiger charge is -2.15. The quantitative estimate of drug-likeness (QED) is 0.624. The summed E-state index contributed by atoms with van der Waals surface area (Å²) < 4.78 is 14.8. The van der Waals surface area contributed by atoms with E-state index in [1.54, 1.807) is 6.07 Å². The number of hydrogen-bond donors (Lipinski definition) is 2. The van der Waals surface area contributed by atoms with Crippen LogP contribution < -0.4 is 11.3 Å². The summed E-state index contributed by atoms with van der Waals surface area (Å²) in [7, 11) is 0. The Morgan fingerprint density at radius 3 is 2.86 bits per heavy atom. The van der Waals surface area contributed by atoms with Crippen LogP contribution in [0.2, 0.25) is 0 Å². The van der Waals surface area contributed by atoms with Crippen molar-refractivity contribution in [2.24, 2.45) is 5.84 Å². The van der Waals surface area contributed by atoms with Gasteiger partial charge in [-0.25, -0.2) is 4.39 Å². The molecule has 0 fully saturated rings. The second kappa shape index (κ2) is 6.57. The van der Waals surface area contributed by atoms with E-state index in [1.165, 1.54) is 40.6 Å². The van der Waals surface area contributed by atoms with Crippen molar-refractivity contribution in [3.8, 4) is 0 Å². The number of benzene rings is 1. The first-order chi connectivity index (χ1) is 10.2. The van der Waals surface area contributed by atoms with Gasteiger partial charge >= 0.3 is 0 Å². The van der Waals surface area contributed by atoms with Gasteiger partial charge in [-0.3, -0.25) is 11.3 Å². The molecule has 0 radical (unpaired) electrons. The maximum Gasteiger partial charge on any atom is 0.126 e. The van der Waals surface area contributed by atoms with Gasteiger partial charge in [0.1, 0.15) is 5.82 Å². The number of nitrogens with one attached hydrogen (secondary N) is 1. The lowest BCUT2D eigenvalue weighted by molar-refractivity contribution is 0.535. The zero-order valence-corrected chi connectivity index (χ0v) is 14.1. The molecule has 21 heavy (non-hydrogen) atoms. The molecule has 5 heteroatoms. The van der Waals surface area contributed by atoms with Crippen LogP contribution in [-0.4, -0.2) is 0 Å². The standard InChI is InChI=1S/C16H18BrFN2S/c17-12-5-6-13(18)11(7-12)8-14(20-19)16-9-10-3-1-2-4-15(10)21-16/h5-7,9,14,20H,1-4,8,19H2. The Morgan fingerprint density at radius 1 is 1.29 bits per heavy atom. The summed E-state index contributed by atoms with van der Waals surface area (Å²) in [5.41, 5.74) is 4.99. The van der Waals surface area contributed by atoms with Gasteiger partial charge in [0.05, 0.1) is 6.04 Å². The first kappa shape index (κ1) is 15.2. The SMILES string of the molecule is NNC(Cc1cc(Br)ccc1F)c1cc2c(s1)CCCC2. The molecule has 0 aliphatic heterocycles. The molecule has 0 saturated heterocycles. The minimum Gasteiger partial charge on any atom is -0.271 e. The number of rotatable bonds is 4. The number of nitrogens with two attached hydrogens (primary N) is 1. The highest BCUT2D eigenvalue weighted by molar-refractivity contribution is 9.10. The highest BCUT2D eigenvalue weighted by Gasteiger charge is 2.20. The van der Waals surface area contributed by atoms with Crippen LogP contribution in [0.3, 0.4) is 0 Å². The molecular formula is C16H18BrFN2S. The minimum atomic E-state index is -0.181. The van der Waals surface area contributed by atoms with Crippen LogP contribution in [0.1, 0.15) is 39.8 Å². The molecule has 2 aromatic rings. The maximum absolute atomic E-state index is 13.9. The van der Waals surface area contributed by atoms with Crippen LogP contribution in [0.5, 0.6) is 0 Å². The molecule has 1 aromatic carbocycles. The van der Waals surface area contributed by atoms with E-state index in [-0.39, 0.29) is 11.9 Å². The number of hydrazine groups is 1. The largest absolute Gasteiger partial charge is 0.271 e. The van der Waals surface area contributed by atoms with Crippen LogP contribution in [0.15, 0.2) is 28.7 Å². The van der Waals surface area contributed by atoms with Crippen molar-refractivity contribution < 1.29 is 4.39 Å². The van der Waals surface area contributed by atoms with Crippen molar-refractivity contribution in [1.82, 2.24) is 5.43 Å². The van der Waals surface area contributed by atoms with Crippen LogP contribution in [0.25, 0.3) is 0 Å². The van der Waals surface area contributed by atoms with E-state index in [2.05, 4.69) is 27.4 Å². The molecule has 0 spiro atoms. The minimum absolute atomic E-state index is 0.0376. The third kappa shape index (κ3) is 3.37. The molecule has 1 aliphatic carbocycles. The lowest BCUT2D eigenvalue weighted by atomic mass is 9.98. The molecule has 112 valence electrons. The molecule has 1 aliphatic rings. The zero-order valence-electron chi connectivity index (χ0n) is 11.7. The molecule has 1 aromatic heterocycles. The summed E-state index contributed by atoms with van der Waals surface area (Å²) in [5.74, 6) is 5.54. The second-order valence-electron chi connectivity index (χ2n) is 5.46. The fourth-order valence-corrected chi connectivity index (χ4v) is 4.57. The molecule has 2 nitrogen and oxygen atoms in total. The predicted octanol–water partition coefficient (Wildman–Crippen LogP) is 4.28. The van der Waals surface area contributed by atoms with Gasteiger partial charge in [-0.2, -0.15) is 0 Å². The molecule has 0 bridgehead atoms. The maximum atomic E-state index is 13.9. The Morgan fingerprint density at radius 2 is 2.10 bits per heavy atom. The van der Waals surface area contributed by atoms with E-state index < -0.39 is 0 Å². The van der Waals surface area contributed by atoms with E-state index in [0.717, 1.165) is 10.9 Å². The molecule has 1 unspecified atom stereocenters. The lowest BCUT2D eigenvalue weighted by Crippen LogP contribution is -2.29. The van der Waals surface area contributed by atoms with Crippen LogP contribution in [0, 0.1) is 5.82 Å². The number of halogens is 2. The first-order valence-electron chi connectivity index (χ1n) is 7.19. The van der Waals surface area contributed by atoms with Gasteiger partial charge in [0, 0.05) is 14.2 Å². The Hall–Kier alpha value is -0.750. The summed E-state index contributed by atoms with van der Waals surface area (Å²) in [6.45, 7) is 0. The average Bonchev–Trinajstić information content (AvgIpc) is 2.91. The van der Waals surface area contributed by atoms with Gasteiger partial charge in [0.15, 0.2) is 0 Å². The first-order valence-corrected chi connectivity index (χ1v) is 8.80.